The quantitative estimate of drug-likeness (QED) is 0.115. The zero-order valence-electron chi connectivity index (χ0n) is 19.9. The maximum atomic E-state index is 12.7. The minimum Gasteiger partial charge on any atom is -0.507 e. The first-order valence-corrected chi connectivity index (χ1v) is 11.4. The second kappa shape index (κ2) is 11.0. The predicted octanol–water partition coefficient (Wildman–Crippen LogP) is 0.489. The van der Waals surface area contributed by atoms with Gasteiger partial charge in [-0.1, -0.05) is 30.3 Å². The molecule has 1 fully saturated rings. The summed E-state index contributed by atoms with van der Waals surface area (Å²) in [4.78, 5) is 25.0. The first-order valence-electron chi connectivity index (χ1n) is 11.4. The van der Waals surface area contributed by atoms with Crippen molar-refractivity contribution in [2.24, 2.45) is 0 Å². The number of hydrogen-bond acceptors (Lipinski definition) is 13. The minimum atomic E-state index is -1.84. The van der Waals surface area contributed by atoms with E-state index in [1.807, 2.05) is 0 Å². The third-order valence-corrected chi connectivity index (χ3v) is 5.94. The molecule has 13 heteroatoms. The van der Waals surface area contributed by atoms with Gasteiger partial charge in [0.15, 0.2) is 17.2 Å². The second-order valence-electron chi connectivity index (χ2n) is 8.63. The molecule has 3 aromatic rings. The number of carbonyl (C=O) groups is 2. The third kappa shape index (κ3) is 5.66. The average Bonchev–Trinajstić information content (AvgIpc) is 2.90. The van der Waals surface area contributed by atoms with E-state index in [9.17, 15) is 50.4 Å². The topological polar surface area (TPSA) is 224 Å². The molecule has 5 unspecified atom stereocenters. The van der Waals surface area contributed by atoms with Crippen molar-refractivity contribution in [2.75, 3.05) is 6.61 Å². The molecule has 4 rings (SSSR count). The molecule has 0 amide bonds. The lowest BCUT2D eigenvalue weighted by Crippen LogP contribution is -2.60. The number of carbonyl (C=O) groups excluding carboxylic acids is 2. The molecular formula is C26H24O13. The standard InChI is InChI=1S/C26H24O13/c27-14-8-13(9-15(28)19(14)20(31)11-4-2-1-3-5-11)38-26-24(35)23(34)22(33)18(39-26)10-37-25(36)12-6-16(29)21(32)17(30)7-12/h1-9,18,22-24,26-30,32-35H,10H2. The number of rotatable bonds is 7. The maximum Gasteiger partial charge on any atom is 0.338 e. The first-order chi connectivity index (χ1) is 18.5. The Bertz CT molecular complexity index is 1330. The van der Waals surface area contributed by atoms with Gasteiger partial charge in [-0.3, -0.25) is 4.79 Å². The minimum absolute atomic E-state index is 0.204. The summed E-state index contributed by atoms with van der Waals surface area (Å²) in [7, 11) is 0. The van der Waals surface area contributed by atoms with E-state index in [0.717, 1.165) is 24.3 Å². The summed E-state index contributed by atoms with van der Waals surface area (Å²) in [5, 5.41) is 80.2. The fourth-order valence-electron chi connectivity index (χ4n) is 3.87. The SMILES string of the molecule is O=C(OCC1OC(Oc2cc(O)c(C(=O)c3ccccc3)c(O)c2)C(O)C(O)C1O)c1cc(O)c(O)c(O)c1. The van der Waals surface area contributed by atoms with E-state index in [1.54, 1.807) is 18.2 Å². The van der Waals surface area contributed by atoms with Gasteiger partial charge in [-0.05, 0) is 12.1 Å². The van der Waals surface area contributed by atoms with Crippen LogP contribution in [-0.2, 0) is 9.47 Å². The van der Waals surface area contributed by atoms with Gasteiger partial charge in [0.2, 0.25) is 12.1 Å². The fraction of sp³-hybridized carbons (Fsp3) is 0.231. The van der Waals surface area contributed by atoms with E-state index in [-0.39, 0.29) is 16.9 Å². The summed E-state index contributed by atoms with van der Waals surface area (Å²) in [5.41, 5.74) is -0.544. The van der Waals surface area contributed by atoms with Gasteiger partial charge >= 0.3 is 5.97 Å². The molecule has 0 spiro atoms. The number of ether oxygens (including phenoxy) is 3. The van der Waals surface area contributed by atoms with Crippen LogP contribution in [0.4, 0.5) is 0 Å². The molecule has 13 nitrogen and oxygen atoms in total. The van der Waals surface area contributed by atoms with Crippen molar-refractivity contribution >= 4 is 11.8 Å². The van der Waals surface area contributed by atoms with Crippen molar-refractivity contribution in [1.82, 2.24) is 0 Å². The van der Waals surface area contributed by atoms with Crippen molar-refractivity contribution in [2.45, 2.75) is 30.7 Å². The van der Waals surface area contributed by atoms with Gasteiger partial charge in [0, 0.05) is 17.7 Å². The van der Waals surface area contributed by atoms with Crippen molar-refractivity contribution in [3.05, 3.63) is 71.3 Å². The summed E-state index contributed by atoms with van der Waals surface area (Å²) < 4.78 is 15.9. The van der Waals surface area contributed by atoms with Crippen LogP contribution in [0.5, 0.6) is 34.5 Å². The van der Waals surface area contributed by atoms with Crippen LogP contribution in [0.1, 0.15) is 26.3 Å². The molecule has 5 atom stereocenters. The highest BCUT2D eigenvalue weighted by Crippen LogP contribution is 2.37. The molecule has 206 valence electrons. The van der Waals surface area contributed by atoms with Crippen molar-refractivity contribution in [3.8, 4) is 34.5 Å². The lowest BCUT2D eigenvalue weighted by Gasteiger charge is -2.39. The summed E-state index contributed by atoms with van der Waals surface area (Å²) >= 11 is 0. The van der Waals surface area contributed by atoms with Crippen LogP contribution in [0.15, 0.2) is 54.6 Å². The highest BCUT2D eigenvalue weighted by Gasteiger charge is 2.45. The maximum absolute atomic E-state index is 12.7. The molecule has 39 heavy (non-hydrogen) atoms. The van der Waals surface area contributed by atoms with Crippen LogP contribution < -0.4 is 4.74 Å². The summed E-state index contributed by atoms with van der Waals surface area (Å²) in [6, 6.07) is 11.5. The van der Waals surface area contributed by atoms with E-state index in [2.05, 4.69) is 0 Å². The molecule has 1 aliphatic heterocycles. The Hall–Kier alpha value is -4.56. The largest absolute Gasteiger partial charge is 0.507 e. The summed E-state index contributed by atoms with van der Waals surface area (Å²) in [6.07, 6.45) is -8.55. The smallest absolute Gasteiger partial charge is 0.338 e. The van der Waals surface area contributed by atoms with Gasteiger partial charge in [-0.15, -0.1) is 0 Å². The van der Waals surface area contributed by atoms with Crippen LogP contribution in [-0.4, -0.2) is 89.9 Å². The summed E-state index contributed by atoms with van der Waals surface area (Å²) in [6.45, 7) is -0.687. The zero-order valence-corrected chi connectivity index (χ0v) is 19.9. The van der Waals surface area contributed by atoms with Crippen LogP contribution in [0.25, 0.3) is 0 Å². The molecular weight excluding hydrogens is 520 g/mol. The number of ketones is 1. The molecule has 1 saturated heterocycles. The van der Waals surface area contributed by atoms with Gasteiger partial charge in [0.25, 0.3) is 0 Å². The molecule has 1 heterocycles. The van der Waals surface area contributed by atoms with Crippen LogP contribution in [0.2, 0.25) is 0 Å². The van der Waals surface area contributed by atoms with E-state index in [0.29, 0.717) is 0 Å². The predicted molar refractivity (Wildman–Crippen MR) is 129 cm³/mol. The van der Waals surface area contributed by atoms with Crippen LogP contribution in [0.3, 0.4) is 0 Å². The number of aromatic hydroxyl groups is 5. The molecule has 3 aromatic carbocycles. The lowest BCUT2D eigenvalue weighted by molar-refractivity contribution is -0.277. The Morgan fingerprint density at radius 1 is 0.744 bits per heavy atom. The zero-order chi connectivity index (χ0) is 28.4. The Morgan fingerprint density at radius 3 is 1.92 bits per heavy atom. The van der Waals surface area contributed by atoms with Crippen LogP contribution in [0, 0.1) is 0 Å². The van der Waals surface area contributed by atoms with E-state index in [1.165, 1.54) is 12.1 Å². The molecule has 0 bridgehead atoms. The monoisotopic (exact) mass is 544 g/mol. The fourth-order valence-corrected chi connectivity index (χ4v) is 3.87. The Morgan fingerprint density at radius 2 is 1.33 bits per heavy atom. The van der Waals surface area contributed by atoms with Gasteiger partial charge in [-0.2, -0.15) is 0 Å². The Labute approximate surface area is 219 Å². The van der Waals surface area contributed by atoms with E-state index in [4.69, 9.17) is 14.2 Å². The third-order valence-electron chi connectivity index (χ3n) is 5.94. The van der Waals surface area contributed by atoms with Crippen LogP contribution >= 0.6 is 0 Å². The van der Waals surface area contributed by atoms with Gasteiger partial charge in [0.05, 0.1) is 5.56 Å². The van der Waals surface area contributed by atoms with E-state index < -0.39 is 83.4 Å². The average molecular weight is 544 g/mol. The molecule has 8 N–H and O–H groups in total. The van der Waals surface area contributed by atoms with Crippen molar-refractivity contribution in [3.63, 3.8) is 0 Å². The van der Waals surface area contributed by atoms with Gasteiger partial charge < -0.3 is 55.1 Å². The van der Waals surface area contributed by atoms with Gasteiger partial charge in [-0.25, -0.2) is 4.79 Å². The number of phenolic OH excluding ortho intramolecular Hbond substituents is 5. The first kappa shape index (κ1) is 27.5. The number of phenols is 5. The number of aliphatic hydroxyl groups is 3. The normalized spacial score (nSPS) is 22.7. The molecule has 0 aliphatic carbocycles. The van der Waals surface area contributed by atoms with Gasteiger partial charge in [0.1, 0.15) is 53.8 Å². The molecule has 0 aromatic heterocycles. The Kier molecular flexibility index (Phi) is 7.78. The molecule has 0 radical (unpaired) electrons. The highest BCUT2D eigenvalue weighted by atomic mass is 16.7. The highest BCUT2D eigenvalue weighted by molar-refractivity contribution is 6.12. The number of esters is 1. The van der Waals surface area contributed by atoms with Crippen molar-refractivity contribution < 1.29 is 64.7 Å². The van der Waals surface area contributed by atoms with Crippen molar-refractivity contribution in [1.29, 1.82) is 0 Å². The summed E-state index contributed by atoms with van der Waals surface area (Å²) in [5.74, 6) is -5.73. The number of aliphatic hydroxyl groups excluding tert-OH is 3. The number of benzene rings is 3. The second-order valence-corrected chi connectivity index (χ2v) is 8.63. The molecule has 1 aliphatic rings. The lowest BCUT2D eigenvalue weighted by atomic mass is 9.99. The van der Waals surface area contributed by atoms with E-state index >= 15 is 0 Å². The number of hydrogen-bond donors (Lipinski definition) is 8. The Balaban J connectivity index is 1.47. The molecule has 0 saturated carbocycles.